The van der Waals surface area contributed by atoms with E-state index in [1.807, 2.05) is 42.3 Å². The monoisotopic (exact) mass is 505 g/mol. The highest BCUT2D eigenvalue weighted by molar-refractivity contribution is 5.88. The zero-order valence-corrected chi connectivity index (χ0v) is 21.1. The molecule has 0 radical (unpaired) electrons. The van der Waals surface area contributed by atoms with Crippen LogP contribution in [-0.4, -0.2) is 97.3 Å². The van der Waals surface area contributed by atoms with Gasteiger partial charge in [-0.3, -0.25) is 0 Å². The van der Waals surface area contributed by atoms with E-state index in [1.165, 1.54) is 0 Å². The summed E-state index contributed by atoms with van der Waals surface area (Å²) in [5, 5.41) is 8.95. The minimum Gasteiger partial charge on any atom is -0.478 e. The lowest BCUT2D eigenvalue weighted by atomic mass is 10.2. The van der Waals surface area contributed by atoms with E-state index in [0.29, 0.717) is 85.8 Å². The van der Waals surface area contributed by atoms with Gasteiger partial charge in [-0.05, 0) is 29.8 Å². The summed E-state index contributed by atoms with van der Waals surface area (Å²) in [6.45, 7) is 7.07. The Morgan fingerprint density at radius 1 is 0.639 bits per heavy atom. The fourth-order valence-corrected chi connectivity index (χ4v) is 3.05. The van der Waals surface area contributed by atoms with E-state index in [0.717, 1.165) is 11.3 Å². The molecular weight excluding hydrogens is 466 g/mol. The molecule has 9 heteroatoms. The molecule has 9 nitrogen and oxygen atoms in total. The van der Waals surface area contributed by atoms with Crippen LogP contribution in [0.3, 0.4) is 0 Å². The molecule has 36 heavy (non-hydrogen) atoms. The minimum absolute atomic E-state index is 0.277. The molecule has 200 valence electrons. The Balaban J connectivity index is 1.27. The van der Waals surface area contributed by atoms with Crippen LogP contribution in [-0.2, 0) is 35.0 Å². The molecule has 0 aliphatic heterocycles. The van der Waals surface area contributed by atoms with Crippen LogP contribution < -0.4 is 4.90 Å². The third-order valence-electron chi connectivity index (χ3n) is 5.10. The normalized spacial score (nSPS) is 11.0. The van der Waals surface area contributed by atoms with E-state index in [-0.39, 0.29) is 5.56 Å². The van der Waals surface area contributed by atoms with Crippen molar-refractivity contribution in [1.29, 1.82) is 0 Å². The number of ether oxygens (including phenoxy) is 6. The maximum absolute atomic E-state index is 10.9. The van der Waals surface area contributed by atoms with E-state index in [1.54, 1.807) is 24.3 Å². The molecule has 0 heterocycles. The standard InChI is InChI=1S/C27H39NO8/c1-28(26-9-7-25(8-10-26)27(29)30)11-12-31-13-14-32-15-16-33-17-18-34-19-20-35-21-22-36-23-24-5-3-2-4-6-24/h2-10H,11-23H2,1H3,(H,29,30). The summed E-state index contributed by atoms with van der Waals surface area (Å²) in [6.07, 6.45) is 0. The van der Waals surface area contributed by atoms with Crippen LogP contribution in [0.15, 0.2) is 54.6 Å². The average Bonchev–Trinajstić information content (AvgIpc) is 2.90. The Hall–Kier alpha value is -2.53. The highest BCUT2D eigenvalue weighted by atomic mass is 16.6. The summed E-state index contributed by atoms with van der Waals surface area (Å²) >= 11 is 0. The summed E-state index contributed by atoms with van der Waals surface area (Å²) in [7, 11) is 1.94. The molecule has 2 aromatic carbocycles. The number of aromatic carboxylic acids is 1. The number of hydrogen-bond donors (Lipinski definition) is 1. The summed E-state index contributed by atoms with van der Waals surface area (Å²) in [6, 6.07) is 16.8. The van der Waals surface area contributed by atoms with E-state index >= 15 is 0 Å². The van der Waals surface area contributed by atoms with Crippen LogP contribution in [0, 0.1) is 0 Å². The van der Waals surface area contributed by atoms with Crippen molar-refractivity contribution in [3.05, 3.63) is 65.7 Å². The molecule has 0 aliphatic rings. The number of rotatable bonds is 22. The van der Waals surface area contributed by atoms with Crippen molar-refractivity contribution >= 4 is 11.7 Å². The number of anilines is 1. The van der Waals surface area contributed by atoms with Gasteiger partial charge in [0.15, 0.2) is 0 Å². The fraction of sp³-hybridized carbons (Fsp3) is 0.519. The number of carboxylic acid groups (broad SMARTS) is 1. The Morgan fingerprint density at radius 2 is 1.08 bits per heavy atom. The van der Waals surface area contributed by atoms with Gasteiger partial charge in [0.2, 0.25) is 0 Å². The lowest BCUT2D eigenvalue weighted by Crippen LogP contribution is -2.23. The van der Waals surface area contributed by atoms with E-state index in [4.69, 9.17) is 33.5 Å². The molecule has 2 aromatic rings. The zero-order valence-electron chi connectivity index (χ0n) is 21.1. The Labute approximate surface area is 213 Å². The van der Waals surface area contributed by atoms with Crippen molar-refractivity contribution in [1.82, 2.24) is 0 Å². The number of benzene rings is 2. The van der Waals surface area contributed by atoms with Gasteiger partial charge < -0.3 is 38.4 Å². The van der Waals surface area contributed by atoms with Crippen molar-refractivity contribution in [3.63, 3.8) is 0 Å². The van der Waals surface area contributed by atoms with E-state index in [9.17, 15) is 4.79 Å². The molecule has 0 saturated heterocycles. The van der Waals surface area contributed by atoms with Crippen LogP contribution >= 0.6 is 0 Å². The van der Waals surface area contributed by atoms with Gasteiger partial charge in [-0.2, -0.15) is 0 Å². The van der Waals surface area contributed by atoms with Crippen molar-refractivity contribution in [3.8, 4) is 0 Å². The molecular formula is C27H39NO8. The number of hydrogen-bond acceptors (Lipinski definition) is 8. The van der Waals surface area contributed by atoms with Crippen LogP contribution in [0.2, 0.25) is 0 Å². The van der Waals surface area contributed by atoms with Gasteiger partial charge in [0, 0.05) is 19.3 Å². The van der Waals surface area contributed by atoms with Gasteiger partial charge in [0.05, 0.1) is 84.8 Å². The Morgan fingerprint density at radius 3 is 1.56 bits per heavy atom. The second-order valence-electron chi connectivity index (χ2n) is 7.87. The third kappa shape index (κ3) is 14.1. The first-order chi connectivity index (χ1) is 17.7. The van der Waals surface area contributed by atoms with Gasteiger partial charge >= 0.3 is 5.97 Å². The highest BCUT2D eigenvalue weighted by Gasteiger charge is 2.04. The first-order valence-electron chi connectivity index (χ1n) is 12.2. The number of nitrogens with zero attached hydrogens (tertiary/aromatic N) is 1. The summed E-state index contributed by atoms with van der Waals surface area (Å²) in [5.41, 5.74) is 2.37. The van der Waals surface area contributed by atoms with Crippen molar-refractivity contribution < 1.29 is 38.3 Å². The topological polar surface area (TPSA) is 95.9 Å². The SMILES string of the molecule is CN(CCOCCOCCOCCOCCOCCOCc1ccccc1)c1ccc(C(=O)O)cc1. The lowest BCUT2D eigenvalue weighted by molar-refractivity contribution is -0.0174. The molecule has 0 spiro atoms. The molecule has 0 fully saturated rings. The first kappa shape index (κ1) is 29.7. The van der Waals surface area contributed by atoms with Crippen LogP contribution in [0.5, 0.6) is 0 Å². The third-order valence-corrected chi connectivity index (χ3v) is 5.10. The van der Waals surface area contributed by atoms with Crippen LogP contribution in [0.1, 0.15) is 15.9 Å². The zero-order chi connectivity index (χ0) is 25.7. The molecule has 0 aromatic heterocycles. The summed E-state index contributed by atoms with van der Waals surface area (Å²) in [5.74, 6) is -0.927. The first-order valence-corrected chi connectivity index (χ1v) is 12.2. The molecule has 1 N–H and O–H groups in total. The van der Waals surface area contributed by atoms with Crippen LogP contribution in [0.4, 0.5) is 5.69 Å². The quantitative estimate of drug-likeness (QED) is 0.242. The fourth-order valence-electron chi connectivity index (χ4n) is 3.05. The van der Waals surface area contributed by atoms with E-state index in [2.05, 4.69) is 0 Å². The maximum atomic E-state index is 10.9. The predicted molar refractivity (Wildman–Crippen MR) is 137 cm³/mol. The smallest absolute Gasteiger partial charge is 0.335 e. The van der Waals surface area contributed by atoms with Crippen molar-refractivity contribution in [2.45, 2.75) is 6.61 Å². The Kier molecular flexibility index (Phi) is 16.2. The number of carbonyl (C=O) groups is 1. The summed E-state index contributed by atoms with van der Waals surface area (Å²) < 4.78 is 33.0. The molecule has 0 amide bonds. The minimum atomic E-state index is -0.927. The summed E-state index contributed by atoms with van der Waals surface area (Å²) in [4.78, 5) is 12.9. The molecule has 2 rings (SSSR count). The van der Waals surface area contributed by atoms with Gasteiger partial charge in [-0.1, -0.05) is 30.3 Å². The molecule has 0 aliphatic carbocycles. The second kappa shape index (κ2) is 19.6. The van der Waals surface area contributed by atoms with Gasteiger partial charge in [-0.25, -0.2) is 4.79 Å². The van der Waals surface area contributed by atoms with Crippen molar-refractivity contribution in [2.24, 2.45) is 0 Å². The number of likely N-dealkylation sites (N-methyl/N-ethyl adjacent to an activating group) is 1. The molecule has 0 bridgehead atoms. The number of carboxylic acids is 1. The molecule has 0 unspecified atom stereocenters. The van der Waals surface area contributed by atoms with Crippen LogP contribution in [0.25, 0.3) is 0 Å². The Bertz CT molecular complexity index is 803. The molecule has 0 atom stereocenters. The van der Waals surface area contributed by atoms with E-state index < -0.39 is 5.97 Å². The lowest BCUT2D eigenvalue weighted by Gasteiger charge is -2.19. The van der Waals surface area contributed by atoms with Gasteiger partial charge in [0.1, 0.15) is 0 Å². The maximum Gasteiger partial charge on any atom is 0.335 e. The molecule has 0 saturated carbocycles. The second-order valence-corrected chi connectivity index (χ2v) is 7.87. The predicted octanol–water partition coefficient (Wildman–Crippen LogP) is 3.12. The largest absolute Gasteiger partial charge is 0.478 e. The van der Waals surface area contributed by atoms with Crippen molar-refractivity contribution in [2.75, 3.05) is 91.2 Å². The van der Waals surface area contributed by atoms with Gasteiger partial charge in [-0.15, -0.1) is 0 Å². The van der Waals surface area contributed by atoms with Gasteiger partial charge in [0.25, 0.3) is 0 Å². The highest BCUT2D eigenvalue weighted by Crippen LogP contribution is 2.13. The average molecular weight is 506 g/mol.